The van der Waals surface area contributed by atoms with Gasteiger partial charge in [0.2, 0.25) is 5.95 Å². The third-order valence-electron chi connectivity index (χ3n) is 6.90. The summed E-state index contributed by atoms with van der Waals surface area (Å²) in [5, 5.41) is 0. The van der Waals surface area contributed by atoms with Crippen LogP contribution in [-0.4, -0.2) is 71.6 Å². The van der Waals surface area contributed by atoms with Crippen LogP contribution in [0, 0.1) is 5.92 Å². The van der Waals surface area contributed by atoms with Crippen LogP contribution in [0.4, 0.5) is 5.95 Å². The van der Waals surface area contributed by atoms with Crippen LogP contribution in [0.15, 0.2) is 12.4 Å². The Hall–Kier alpha value is -1.20. The SMILES string of the molecule is CCC1CN(C)CC(CC)N1c1ncc(C2CCCN(CCCC(C)C)C2)cn1. The molecular formula is C24H43N5. The van der Waals surface area contributed by atoms with Crippen LogP contribution in [0.3, 0.4) is 0 Å². The third kappa shape index (κ3) is 5.91. The molecule has 1 aromatic heterocycles. The summed E-state index contributed by atoms with van der Waals surface area (Å²) < 4.78 is 0. The molecule has 0 aromatic carbocycles. The molecule has 29 heavy (non-hydrogen) atoms. The van der Waals surface area contributed by atoms with Gasteiger partial charge in [0.25, 0.3) is 0 Å². The highest BCUT2D eigenvalue weighted by Crippen LogP contribution is 2.29. The second-order valence-electron chi connectivity index (χ2n) is 9.74. The monoisotopic (exact) mass is 401 g/mol. The van der Waals surface area contributed by atoms with Gasteiger partial charge < -0.3 is 14.7 Å². The van der Waals surface area contributed by atoms with Gasteiger partial charge in [0.15, 0.2) is 0 Å². The molecular weight excluding hydrogens is 358 g/mol. The number of aromatic nitrogens is 2. The molecule has 164 valence electrons. The predicted octanol–water partition coefficient (Wildman–Crippen LogP) is 4.40. The highest BCUT2D eigenvalue weighted by molar-refractivity contribution is 5.36. The molecule has 0 aliphatic carbocycles. The van der Waals surface area contributed by atoms with Crippen LogP contribution in [0.5, 0.6) is 0 Å². The first kappa shape index (κ1) is 22.5. The van der Waals surface area contributed by atoms with E-state index in [1.807, 2.05) is 0 Å². The standard InChI is InChI=1S/C24H43N5/c1-6-22-17-27(5)18-23(7-2)29(22)24-25-14-21(15-26-24)20-11-9-13-28(16-20)12-8-10-19(3)4/h14-15,19-20,22-23H,6-13,16-18H2,1-5H3. The maximum absolute atomic E-state index is 4.89. The van der Waals surface area contributed by atoms with Crippen LogP contribution in [0.25, 0.3) is 0 Å². The van der Waals surface area contributed by atoms with Crippen molar-refractivity contribution in [3.05, 3.63) is 18.0 Å². The van der Waals surface area contributed by atoms with E-state index in [1.165, 1.54) is 50.9 Å². The molecule has 2 aliphatic rings. The van der Waals surface area contributed by atoms with Gasteiger partial charge in [-0.15, -0.1) is 0 Å². The van der Waals surface area contributed by atoms with Crippen molar-refractivity contribution in [3.63, 3.8) is 0 Å². The molecule has 2 saturated heterocycles. The summed E-state index contributed by atoms with van der Waals surface area (Å²) in [5.74, 6) is 2.34. The first-order valence-corrected chi connectivity index (χ1v) is 12.0. The first-order chi connectivity index (χ1) is 14.0. The minimum absolute atomic E-state index is 0.510. The maximum Gasteiger partial charge on any atom is 0.225 e. The van der Waals surface area contributed by atoms with Gasteiger partial charge in [-0.25, -0.2) is 9.97 Å². The minimum Gasteiger partial charge on any atom is -0.332 e. The van der Waals surface area contributed by atoms with Crippen LogP contribution >= 0.6 is 0 Å². The molecule has 0 radical (unpaired) electrons. The predicted molar refractivity (Wildman–Crippen MR) is 123 cm³/mol. The number of hydrogen-bond acceptors (Lipinski definition) is 5. The van der Waals surface area contributed by atoms with Gasteiger partial charge >= 0.3 is 0 Å². The van der Waals surface area contributed by atoms with E-state index in [0.717, 1.165) is 37.8 Å². The van der Waals surface area contributed by atoms with Gasteiger partial charge in [-0.1, -0.05) is 27.7 Å². The lowest BCUT2D eigenvalue weighted by Gasteiger charge is -2.45. The summed E-state index contributed by atoms with van der Waals surface area (Å²) in [7, 11) is 2.24. The highest BCUT2D eigenvalue weighted by atomic mass is 15.4. The van der Waals surface area contributed by atoms with E-state index in [1.54, 1.807) is 0 Å². The molecule has 2 aliphatic heterocycles. The zero-order valence-corrected chi connectivity index (χ0v) is 19.5. The molecule has 2 fully saturated rings. The fraction of sp³-hybridized carbons (Fsp3) is 0.833. The van der Waals surface area contributed by atoms with Gasteiger partial charge in [-0.3, -0.25) is 0 Å². The molecule has 3 rings (SSSR count). The lowest BCUT2D eigenvalue weighted by molar-refractivity contribution is 0.201. The molecule has 0 N–H and O–H groups in total. The Morgan fingerprint density at radius 1 is 1.03 bits per heavy atom. The Balaban J connectivity index is 1.64. The van der Waals surface area contributed by atoms with E-state index in [0.29, 0.717) is 18.0 Å². The average molecular weight is 402 g/mol. The van der Waals surface area contributed by atoms with Gasteiger partial charge in [0.05, 0.1) is 0 Å². The topological polar surface area (TPSA) is 35.5 Å². The van der Waals surface area contributed by atoms with Crippen molar-refractivity contribution in [3.8, 4) is 0 Å². The van der Waals surface area contributed by atoms with Crippen molar-refractivity contribution in [1.82, 2.24) is 19.8 Å². The molecule has 5 heteroatoms. The number of anilines is 1. The van der Waals surface area contributed by atoms with Crippen LogP contribution in [0.2, 0.25) is 0 Å². The normalized spacial score (nSPS) is 27.0. The Kier molecular flexibility index (Phi) is 8.31. The summed E-state index contributed by atoms with van der Waals surface area (Å²) in [6.07, 6.45) is 11.8. The van der Waals surface area contributed by atoms with Crippen molar-refractivity contribution in [2.24, 2.45) is 5.92 Å². The Bertz CT molecular complexity index is 588. The Labute approximate surface area is 178 Å². The number of likely N-dealkylation sites (N-methyl/N-ethyl adjacent to an activating group) is 1. The van der Waals surface area contributed by atoms with E-state index in [2.05, 4.69) is 61.8 Å². The number of likely N-dealkylation sites (tertiary alicyclic amines) is 1. The largest absolute Gasteiger partial charge is 0.332 e. The molecule has 0 spiro atoms. The molecule has 1 aromatic rings. The molecule has 3 unspecified atom stereocenters. The number of nitrogens with zero attached hydrogens (tertiary/aromatic N) is 5. The number of hydrogen-bond donors (Lipinski definition) is 0. The molecule has 0 bridgehead atoms. The van der Waals surface area contributed by atoms with Crippen molar-refractivity contribution in [1.29, 1.82) is 0 Å². The summed E-state index contributed by atoms with van der Waals surface area (Å²) >= 11 is 0. The highest BCUT2D eigenvalue weighted by Gasteiger charge is 2.33. The summed E-state index contributed by atoms with van der Waals surface area (Å²) in [6.45, 7) is 15.1. The van der Waals surface area contributed by atoms with Gasteiger partial charge in [-0.2, -0.15) is 0 Å². The van der Waals surface area contributed by atoms with E-state index in [-0.39, 0.29) is 0 Å². The smallest absolute Gasteiger partial charge is 0.225 e. The van der Waals surface area contributed by atoms with Crippen molar-refractivity contribution < 1.29 is 0 Å². The summed E-state index contributed by atoms with van der Waals surface area (Å²) in [4.78, 5) is 17.4. The fourth-order valence-electron chi connectivity index (χ4n) is 5.18. The molecule has 3 heterocycles. The number of piperazine rings is 1. The fourth-order valence-corrected chi connectivity index (χ4v) is 5.18. The molecule has 5 nitrogen and oxygen atoms in total. The van der Waals surface area contributed by atoms with Crippen LogP contribution < -0.4 is 4.90 Å². The van der Waals surface area contributed by atoms with Crippen molar-refractivity contribution in [2.45, 2.75) is 84.2 Å². The summed E-state index contributed by atoms with van der Waals surface area (Å²) in [6, 6.07) is 1.02. The van der Waals surface area contributed by atoms with Gasteiger partial charge in [-0.05, 0) is 76.1 Å². The second-order valence-corrected chi connectivity index (χ2v) is 9.74. The zero-order chi connectivity index (χ0) is 20.8. The quantitative estimate of drug-likeness (QED) is 0.645. The van der Waals surface area contributed by atoms with Gasteiger partial charge in [0, 0.05) is 44.1 Å². The number of piperidine rings is 1. The Morgan fingerprint density at radius 3 is 2.28 bits per heavy atom. The molecule has 0 amide bonds. The summed E-state index contributed by atoms with van der Waals surface area (Å²) in [5.41, 5.74) is 1.33. The van der Waals surface area contributed by atoms with E-state index in [9.17, 15) is 0 Å². The Morgan fingerprint density at radius 2 is 1.69 bits per heavy atom. The number of rotatable bonds is 8. The lowest BCUT2D eigenvalue weighted by atomic mass is 9.92. The molecule has 0 saturated carbocycles. The van der Waals surface area contributed by atoms with E-state index in [4.69, 9.17) is 9.97 Å². The third-order valence-corrected chi connectivity index (χ3v) is 6.90. The second kappa shape index (κ2) is 10.7. The molecule has 3 atom stereocenters. The van der Waals surface area contributed by atoms with Crippen molar-refractivity contribution in [2.75, 3.05) is 44.7 Å². The minimum atomic E-state index is 0.510. The van der Waals surface area contributed by atoms with Crippen molar-refractivity contribution >= 4 is 5.95 Å². The van der Waals surface area contributed by atoms with Crippen LogP contribution in [-0.2, 0) is 0 Å². The average Bonchev–Trinajstić information content (AvgIpc) is 2.73. The zero-order valence-electron chi connectivity index (χ0n) is 19.5. The van der Waals surface area contributed by atoms with E-state index < -0.39 is 0 Å². The first-order valence-electron chi connectivity index (χ1n) is 12.0. The van der Waals surface area contributed by atoms with E-state index >= 15 is 0 Å². The van der Waals surface area contributed by atoms with Gasteiger partial charge in [0.1, 0.15) is 0 Å². The van der Waals surface area contributed by atoms with Crippen LogP contribution in [0.1, 0.15) is 77.7 Å². The lowest BCUT2D eigenvalue weighted by Crippen LogP contribution is -2.58. The maximum atomic E-state index is 4.89.